The minimum Gasteiger partial charge on any atom is -0.440 e. The van der Waals surface area contributed by atoms with Crippen molar-refractivity contribution in [1.82, 2.24) is 0 Å². The number of esters is 1. The number of nitriles is 1. The Labute approximate surface area is 187 Å². The molecule has 0 aliphatic carbocycles. The van der Waals surface area contributed by atoms with Crippen molar-refractivity contribution in [3.8, 4) is 17.6 Å². The predicted octanol–water partition coefficient (Wildman–Crippen LogP) is 4.69. The summed E-state index contributed by atoms with van der Waals surface area (Å²) >= 11 is 6.13. The zero-order valence-electron chi connectivity index (χ0n) is 16.3. The summed E-state index contributed by atoms with van der Waals surface area (Å²) in [7, 11) is 0. The Balaban J connectivity index is 1.71. The second-order valence-corrected chi connectivity index (χ2v) is 7.28. The molecule has 0 aromatic heterocycles. The Morgan fingerprint density at radius 3 is 2.66 bits per heavy atom. The van der Waals surface area contributed by atoms with Gasteiger partial charge in [0.25, 0.3) is 5.69 Å². The van der Waals surface area contributed by atoms with E-state index in [0.717, 1.165) is 5.56 Å². The zero-order chi connectivity index (χ0) is 22.8. The molecule has 0 bridgehead atoms. The molecule has 0 fully saturated rings. The van der Waals surface area contributed by atoms with Crippen LogP contribution in [0.15, 0.2) is 78.2 Å². The highest BCUT2D eigenvalue weighted by Crippen LogP contribution is 2.43. The first-order chi connectivity index (χ1) is 15.4. The third-order valence-corrected chi connectivity index (χ3v) is 5.14. The van der Waals surface area contributed by atoms with Crippen molar-refractivity contribution < 1.29 is 19.2 Å². The molecule has 8 nitrogen and oxygen atoms in total. The maximum absolute atomic E-state index is 12.5. The Morgan fingerprint density at radius 1 is 1.16 bits per heavy atom. The number of rotatable bonds is 4. The molecule has 0 spiro atoms. The molecule has 1 heterocycles. The lowest BCUT2D eigenvalue weighted by atomic mass is 9.83. The molecule has 32 heavy (non-hydrogen) atoms. The number of para-hydroxylation sites is 1. The second-order valence-electron chi connectivity index (χ2n) is 6.84. The molecule has 1 aliphatic heterocycles. The van der Waals surface area contributed by atoms with Crippen LogP contribution in [0.3, 0.4) is 0 Å². The predicted molar refractivity (Wildman–Crippen MR) is 115 cm³/mol. The maximum atomic E-state index is 12.5. The average Bonchev–Trinajstić information content (AvgIpc) is 2.78. The molecule has 0 radical (unpaired) electrons. The van der Waals surface area contributed by atoms with Crippen molar-refractivity contribution in [1.29, 1.82) is 5.26 Å². The molecule has 4 rings (SSSR count). The summed E-state index contributed by atoms with van der Waals surface area (Å²) in [5, 5.41) is 21.3. The number of nitro groups is 1. The summed E-state index contributed by atoms with van der Waals surface area (Å²) in [6, 6.07) is 19.2. The van der Waals surface area contributed by atoms with E-state index in [1.165, 1.54) is 36.4 Å². The van der Waals surface area contributed by atoms with Gasteiger partial charge in [-0.2, -0.15) is 5.26 Å². The van der Waals surface area contributed by atoms with E-state index >= 15 is 0 Å². The molecule has 1 aliphatic rings. The van der Waals surface area contributed by atoms with E-state index < -0.39 is 16.8 Å². The van der Waals surface area contributed by atoms with Gasteiger partial charge in [0.15, 0.2) is 0 Å². The maximum Gasteiger partial charge on any atom is 0.350 e. The highest BCUT2D eigenvalue weighted by Gasteiger charge is 2.31. The third kappa shape index (κ3) is 3.85. The summed E-state index contributed by atoms with van der Waals surface area (Å²) in [4.78, 5) is 23.1. The summed E-state index contributed by atoms with van der Waals surface area (Å²) < 4.78 is 10.9. The van der Waals surface area contributed by atoms with Crippen molar-refractivity contribution in [3.63, 3.8) is 0 Å². The van der Waals surface area contributed by atoms with Gasteiger partial charge in [0, 0.05) is 22.7 Å². The Hall–Kier alpha value is -4.35. The first-order valence-corrected chi connectivity index (χ1v) is 9.69. The van der Waals surface area contributed by atoms with Crippen LogP contribution in [0.5, 0.6) is 11.5 Å². The van der Waals surface area contributed by atoms with Gasteiger partial charge in [-0.1, -0.05) is 41.9 Å². The number of allylic oxidation sites excluding steroid dienone is 1. The topological polar surface area (TPSA) is 128 Å². The number of hydrogen-bond acceptors (Lipinski definition) is 7. The van der Waals surface area contributed by atoms with Gasteiger partial charge in [0.1, 0.15) is 28.7 Å². The number of fused-ring (bicyclic) bond motifs is 1. The van der Waals surface area contributed by atoms with Crippen LogP contribution < -0.4 is 15.2 Å². The highest BCUT2D eigenvalue weighted by atomic mass is 35.5. The third-order valence-electron chi connectivity index (χ3n) is 4.90. The van der Waals surface area contributed by atoms with Gasteiger partial charge in [-0.3, -0.25) is 10.1 Å². The SMILES string of the molecule is N#CC1=C(N)Oc2cc(OC(=O)c3ccccc3[N+](=O)[O-])ccc2C1c1cccc(Cl)c1. The first-order valence-electron chi connectivity index (χ1n) is 9.31. The molecule has 0 saturated heterocycles. The van der Waals surface area contributed by atoms with Crippen LogP contribution in [0, 0.1) is 21.4 Å². The van der Waals surface area contributed by atoms with Crippen LogP contribution >= 0.6 is 11.6 Å². The fraction of sp³-hybridized carbons (Fsp3) is 0.0435. The fourth-order valence-electron chi connectivity index (χ4n) is 3.50. The molecular formula is C23H14ClN3O5. The van der Waals surface area contributed by atoms with Gasteiger partial charge in [-0.25, -0.2) is 4.79 Å². The number of benzene rings is 3. The number of nitrogens with two attached hydrogens (primary N) is 1. The Kier molecular flexibility index (Phi) is 5.50. The quantitative estimate of drug-likeness (QED) is 0.266. The van der Waals surface area contributed by atoms with E-state index in [2.05, 4.69) is 6.07 Å². The lowest BCUT2D eigenvalue weighted by Gasteiger charge is -2.26. The number of carbonyl (C=O) groups is 1. The summed E-state index contributed by atoms with van der Waals surface area (Å²) in [5.74, 6) is -1.10. The van der Waals surface area contributed by atoms with Crippen LogP contribution in [0.25, 0.3) is 0 Å². The van der Waals surface area contributed by atoms with E-state index in [-0.39, 0.29) is 28.5 Å². The van der Waals surface area contributed by atoms with Crippen LogP contribution in [0.2, 0.25) is 5.02 Å². The average molecular weight is 448 g/mol. The van der Waals surface area contributed by atoms with Crippen LogP contribution in [-0.4, -0.2) is 10.9 Å². The van der Waals surface area contributed by atoms with Crippen molar-refractivity contribution >= 4 is 23.3 Å². The number of nitro benzene ring substituents is 1. The summed E-state index contributed by atoms with van der Waals surface area (Å²) in [6.45, 7) is 0. The molecule has 158 valence electrons. The molecule has 1 atom stereocenters. The molecule has 9 heteroatoms. The number of hydrogen-bond donors (Lipinski definition) is 1. The van der Waals surface area contributed by atoms with Gasteiger partial charge in [0.2, 0.25) is 5.88 Å². The Bertz CT molecular complexity index is 1330. The second kappa shape index (κ2) is 8.41. The van der Waals surface area contributed by atoms with Crippen LogP contribution in [-0.2, 0) is 0 Å². The monoisotopic (exact) mass is 447 g/mol. The van der Waals surface area contributed by atoms with Crippen LogP contribution in [0.1, 0.15) is 27.4 Å². The van der Waals surface area contributed by atoms with Gasteiger partial charge in [-0.15, -0.1) is 0 Å². The van der Waals surface area contributed by atoms with Crippen molar-refractivity contribution in [2.24, 2.45) is 5.73 Å². The molecule has 1 unspecified atom stereocenters. The molecule has 0 saturated carbocycles. The van der Waals surface area contributed by atoms with Crippen molar-refractivity contribution in [2.45, 2.75) is 5.92 Å². The van der Waals surface area contributed by atoms with E-state index in [1.54, 1.807) is 24.3 Å². The van der Waals surface area contributed by atoms with Gasteiger partial charge in [-0.05, 0) is 29.8 Å². The number of ether oxygens (including phenoxy) is 2. The van der Waals surface area contributed by atoms with E-state index in [9.17, 15) is 20.2 Å². The lowest BCUT2D eigenvalue weighted by Crippen LogP contribution is -2.21. The minimum atomic E-state index is -0.888. The number of halogens is 1. The first kappa shape index (κ1) is 20.9. The summed E-state index contributed by atoms with van der Waals surface area (Å²) in [5.41, 5.74) is 7.04. The molecule has 2 N–H and O–H groups in total. The van der Waals surface area contributed by atoms with Crippen molar-refractivity contribution in [3.05, 3.63) is 110 Å². The van der Waals surface area contributed by atoms with Gasteiger partial charge in [0.05, 0.1) is 10.8 Å². The summed E-state index contributed by atoms with van der Waals surface area (Å²) in [6.07, 6.45) is 0. The van der Waals surface area contributed by atoms with Gasteiger partial charge >= 0.3 is 5.97 Å². The smallest absolute Gasteiger partial charge is 0.350 e. The number of carbonyl (C=O) groups excluding carboxylic acids is 1. The lowest BCUT2D eigenvalue weighted by molar-refractivity contribution is -0.385. The molecule has 3 aromatic rings. The fourth-order valence-corrected chi connectivity index (χ4v) is 3.69. The number of nitrogens with zero attached hydrogens (tertiary/aromatic N) is 2. The van der Waals surface area contributed by atoms with E-state index in [1.807, 2.05) is 6.07 Å². The molecule has 0 amide bonds. The molecular weight excluding hydrogens is 434 g/mol. The van der Waals surface area contributed by atoms with E-state index in [0.29, 0.717) is 16.3 Å². The largest absolute Gasteiger partial charge is 0.440 e. The standard InChI is InChI=1S/C23H14ClN3O5/c24-14-5-3-4-13(10-14)21-17-9-8-15(11-20(17)32-22(26)18(21)12-25)31-23(28)16-6-1-2-7-19(16)27(29)30/h1-11,21H,26H2. The van der Waals surface area contributed by atoms with Crippen molar-refractivity contribution in [2.75, 3.05) is 0 Å². The molecule has 3 aromatic carbocycles. The zero-order valence-corrected chi connectivity index (χ0v) is 17.1. The van der Waals surface area contributed by atoms with Crippen LogP contribution in [0.4, 0.5) is 5.69 Å². The van der Waals surface area contributed by atoms with Gasteiger partial charge < -0.3 is 15.2 Å². The minimum absolute atomic E-state index is 0.0767. The van der Waals surface area contributed by atoms with E-state index in [4.69, 9.17) is 26.8 Å². The normalized spacial score (nSPS) is 14.7. The Morgan fingerprint density at radius 2 is 1.94 bits per heavy atom. The highest BCUT2D eigenvalue weighted by molar-refractivity contribution is 6.30.